The summed E-state index contributed by atoms with van der Waals surface area (Å²) in [6, 6.07) is 3.92. The van der Waals surface area contributed by atoms with Gasteiger partial charge < -0.3 is 10.0 Å². The molecule has 0 radical (unpaired) electrons. The molecule has 1 heterocycles. The summed E-state index contributed by atoms with van der Waals surface area (Å²) >= 11 is 0. The first-order chi connectivity index (χ1) is 11.0. The van der Waals surface area contributed by atoms with Crippen LogP contribution in [0.5, 0.6) is 0 Å². The number of ketones is 1. The number of anilines is 1. The number of carboxylic acid groups (broad SMARTS) is 1. The van der Waals surface area contributed by atoms with Crippen molar-refractivity contribution in [2.45, 2.75) is 57.9 Å². The highest BCUT2D eigenvalue weighted by atomic mass is 16.4. The highest BCUT2D eigenvalue weighted by Gasteiger charge is 2.32. The molecule has 2 rings (SSSR count). The number of unbranched alkanes of at least 4 members (excludes halogenated alkanes) is 2. The van der Waals surface area contributed by atoms with Gasteiger partial charge in [-0.3, -0.25) is 14.6 Å². The van der Waals surface area contributed by atoms with Gasteiger partial charge >= 0.3 is 5.97 Å². The molecule has 0 unspecified atom stereocenters. The fourth-order valence-corrected chi connectivity index (χ4v) is 3.17. The lowest BCUT2D eigenvalue weighted by Gasteiger charge is -2.26. The maximum atomic E-state index is 12.0. The summed E-state index contributed by atoms with van der Waals surface area (Å²) in [5, 5.41) is 9.10. The predicted molar refractivity (Wildman–Crippen MR) is 89.9 cm³/mol. The van der Waals surface area contributed by atoms with Crippen molar-refractivity contribution in [1.82, 2.24) is 4.98 Å². The molecule has 0 amide bonds. The number of carbonyl (C=O) groups is 2. The van der Waals surface area contributed by atoms with Gasteiger partial charge in [-0.05, 0) is 37.8 Å². The number of hydrogen-bond acceptors (Lipinski definition) is 4. The molecule has 2 atom stereocenters. The van der Waals surface area contributed by atoms with Crippen molar-refractivity contribution in [3.8, 4) is 0 Å². The Morgan fingerprint density at radius 2 is 2.09 bits per heavy atom. The van der Waals surface area contributed by atoms with Crippen LogP contribution < -0.4 is 4.90 Å². The third-order valence-electron chi connectivity index (χ3n) is 4.75. The molecule has 1 aliphatic rings. The van der Waals surface area contributed by atoms with Crippen molar-refractivity contribution in [1.29, 1.82) is 0 Å². The molecular formula is C18H26N2O3. The Morgan fingerprint density at radius 1 is 1.30 bits per heavy atom. The van der Waals surface area contributed by atoms with E-state index in [-0.39, 0.29) is 17.7 Å². The Morgan fingerprint density at radius 3 is 2.65 bits per heavy atom. The molecule has 0 bridgehead atoms. The molecule has 1 N–H and O–H groups in total. The summed E-state index contributed by atoms with van der Waals surface area (Å²) in [5.41, 5.74) is 1.46. The van der Waals surface area contributed by atoms with Gasteiger partial charge in [0.05, 0.1) is 17.8 Å². The van der Waals surface area contributed by atoms with Crippen molar-refractivity contribution in [3.05, 3.63) is 24.0 Å². The van der Waals surface area contributed by atoms with Gasteiger partial charge in [-0.25, -0.2) is 0 Å². The Balaban J connectivity index is 1.94. The van der Waals surface area contributed by atoms with Crippen LogP contribution in [0.3, 0.4) is 0 Å². The van der Waals surface area contributed by atoms with E-state index in [2.05, 4.69) is 16.8 Å². The summed E-state index contributed by atoms with van der Waals surface area (Å²) in [6.45, 7) is 2.12. The van der Waals surface area contributed by atoms with Crippen LogP contribution in [-0.4, -0.2) is 34.9 Å². The first-order valence-electron chi connectivity index (χ1n) is 8.47. The van der Waals surface area contributed by atoms with Crippen LogP contribution in [0.25, 0.3) is 0 Å². The van der Waals surface area contributed by atoms with Crippen LogP contribution >= 0.6 is 0 Å². The van der Waals surface area contributed by atoms with Crippen molar-refractivity contribution >= 4 is 17.4 Å². The largest absolute Gasteiger partial charge is 0.481 e. The number of pyridine rings is 1. The van der Waals surface area contributed by atoms with E-state index in [9.17, 15) is 9.59 Å². The first kappa shape index (κ1) is 17.4. The maximum Gasteiger partial charge on any atom is 0.306 e. The van der Waals surface area contributed by atoms with Gasteiger partial charge in [0.25, 0.3) is 0 Å². The minimum Gasteiger partial charge on any atom is -0.481 e. The second kappa shape index (κ2) is 8.09. The smallest absolute Gasteiger partial charge is 0.306 e. The van der Waals surface area contributed by atoms with Gasteiger partial charge in [-0.2, -0.15) is 0 Å². The van der Waals surface area contributed by atoms with Crippen LogP contribution in [0.2, 0.25) is 0 Å². The first-order valence-corrected chi connectivity index (χ1v) is 8.47. The zero-order chi connectivity index (χ0) is 16.8. The van der Waals surface area contributed by atoms with Crippen LogP contribution in [0.15, 0.2) is 18.3 Å². The molecular weight excluding hydrogens is 292 g/mol. The molecule has 0 aromatic carbocycles. The van der Waals surface area contributed by atoms with Gasteiger partial charge in [0, 0.05) is 19.5 Å². The van der Waals surface area contributed by atoms with Crippen LogP contribution in [0.1, 0.15) is 62.4 Å². The summed E-state index contributed by atoms with van der Waals surface area (Å²) in [4.78, 5) is 29.5. The van der Waals surface area contributed by atoms with Gasteiger partial charge in [0.2, 0.25) is 0 Å². The van der Waals surface area contributed by atoms with E-state index in [1.807, 2.05) is 13.1 Å². The van der Waals surface area contributed by atoms with Crippen molar-refractivity contribution < 1.29 is 14.7 Å². The Hall–Kier alpha value is -1.91. The van der Waals surface area contributed by atoms with Gasteiger partial charge in [-0.1, -0.05) is 19.8 Å². The average molecular weight is 318 g/mol. The quantitative estimate of drug-likeness (QED) is 0.586. The third kappa shape index (κ3) is 4.53. The molecule has 1 aliphatic carbocycles. The molecule has 1 fully saturated rings. The molecule has 0 spiro atoms. The van der Waals surface area contributed by atoms with Crippen molar-refractivity contribution in [2.24, 2.45) is 5.92 Å². The van der Waals surface area contributed by atoms with Crippen LogP contribution in [0, 0.1) is 5.92 Å². The number of Topliss-reactive ketones (excluding diaryl/α,β-unsaturated/α-hetero) is 1. The van der Waals surface area contributed by atoms with E-state index in [0.717, 1.165) is 37.8 Å². The van der Waals surface area contributed by atoms with E-state index in [1.54, 1.807) is 12.3 Å². The number of nitrogens with zero attached hydrogens (tertiary/aromatic N) is 2. The number of carbonyl (C=O) groups excluding carboxylic acids is 1. The van der Waals surface area contributed by atoms with Crippen molar-refractivity contribution in [2.75, 3.05) is 11.9 Å². The number of aromatic nitrogens is 1. The lowest BCUT2D eigenvalue weighted by molar-refractivity contribution is -0.141. The third-order valence-corrected chi connectivity index (χ3v) is 4.75. The van der Waals surface area contributed by atoms with Gasteiger partial charge in [0.1, 0.15) is 5.69 Å². The molecule has 126 valence electrons. The molecule has 23 heavy (non-hydrogen) atoms. The van der Waals surface area contributed by atoms with Crippen LogP contribution in [0.4, 0.5) is 5.69 Å². The molecule has 1 aromatic heterocycles. The minimum absolute atomic E-state index is 0.0967. The van der Waals surface area contributed by atoms with E-state index in [4.69, 9.17) is 5.11 Å². The number of aliphatic carboxylic acids is 1. The Kier molecular flexibility index (Phi) is 6.13. The molecule has 5 heteroatoms. The topological polar surface area (TPSA) is 70.5 Å². The highest BCUT2D eigenvalue weighted by molar-refractivity contribution is 5.94. The molecule has 5 nitrogen and oxygen atoms in total. The average Bonchev–Trinajstić information content (AvgIpc) is 3.05. The number of rotatable bonds is 8. The Labute approximate surface area is 137 Å². The summed E-state index contributed by atoms with van der Waals surface area (Å²) in [5.74, 6) is -0.846. The zero-order valence-corrected chi connectivity index (χ0v) is 14.0. The van der Waals surface area contributed by atoms with E-state index >= 15 is 0 Å². The second-order valence-electron chi connectivity index (χ2n) is 6.39. The van der Waals surface area contributed by atoms with E-state index in [0.29, 0.717) is 18.5 Å². The minimum atomic E-state index is -0.702. The predicted octanol–water partition coefficient (Wildman–Crippen LogP) is 3.53. The lowest BCUT2D eigenvalue weighted by atomic mass is 10.1. The number of carboxylic acids is 1. The van der Waals surface area contributed by atoms with Crippen LogP contribution in [-0.2, 0) is 4.79 Å². The molecule has 1 saturated carbocycles. The highest BCUT2D eigenvalue weighted by Crippen LogP contribution is 2.31. The SMILES string of the molecule is CCCCCC(=O)c1ccc(N(C)[C@H]2CC[C@@H](C(=O)O)C2)cn1. The molecule has 1 aromatic rings. The zero-order valence-electron chi connectivity index (χ0n) is 14.0. The fraction of sp³-hybridized carbons (Fsp3) is 0.611. The van der Waals surface area contributed by atoms with Gasteiger partial charge in [0.15, 0.2) is 5.78 Å². The summed E-state index contributed by atoms with van der Waals surface area (Å²) in [6.07, 6.45) is 7.64. The van der Waals surface area contributed by atoms with E-state index < -0.39 is 5.97 Å². The monoisotopic (exact) mass is 318 g/mol. The Bertz CT molecular complexity index is 542. The fourth-order valence-electron chi connectivity index (χ4n) is 3.17. The number of hydrogen-bond donors (Lipinski definition) is 1. The van der Waals surface area contributed by atoms with E-state index in [1.165, 1.54) is 0 Å². The summed E-state index contributed by atoms with van der Waals surface area (Å²) < 4.78 is 0. The van der Waals surface area contributed by atoms with Crippen molar-refractivity contribution in [3.63, 3.8) is 0 Å². The maximum absolute atomic E-state index is 12.0. The molecule has 0 saturated heterocycles. The normalized spacial score (nSPS) is 20.4. The molecule has 0 aliphatic heterocycles. The lowest BCUT2D eigenvalue weighted by Crippen LogP contribution is -2.30. The standard InChI is InChI=1S/C18H26N2O3/c1-3-4-5-6-17(21)16-10-9-15(12-19-16)20(2)14-8-7-13(11-14)18(22)23/h9-10,12-14H,3-8,11H2,1-2H3,(H,22,23)/t13-,14+/m1/s1. The second-order valence-corrected chi connectivity index (χ2v) is 6.39. The summed E-state index contributed by atoms with van der Waals surface area (Å²) in [7, 11) is 1.97. The van der Waals surface area contributed by atoms with Gasteiger partial charge in [-0.15, -0.1) is 0 Å².